The van der Waals surface area contributed by atoms with Crippen molar-refractivity contribution >= 4 is 40.7 Å². The van der Waals surface area contributed by atoms with E-state index >= 15 is 0 Å². The van der Waals surface area contributed by atoms with Crippen molar-refractivity contribution in [2.45, 2.75) is 32.7 Å². The molecule has 1 atom stereocenters. The topological polar surface area (TPSA) is 79.8 Å². The Hall–Kier alpha value is -1.73. The second-order valence-corrected chi connectivity index (χ2v) is 6.40. The van der Waals surface area contributed by atoms with Crippen LogP contribution in [0, 0.1) is 0 Å². The molecular formula is C13H16ClN5OS. The van der Waals surface area contributed by atoms with Gasteiger partial charge >= 0.3 is 0 Å². The van der Waals surface area contributed by atoms with Crippen molar-refractivity contribution in [2.75, 3.05) is 10.6 Å². The van der Waals surface area contributed by atoms with Crippen LogP contribution < -0.4 is 10.6 Å². The minimum absolute atomic E-state index is 0.193. The van der Waals surface area contributed by atoms with E-state index in [2.05, 4.69) is 32.5 Å². The highest BCUT2D eigenvalue weighted by Crippen LogP contribution is 2.23. The SMILES string of the molecule is CC(=O)Nc1ncnc(NC(C)CCc2ccc(Cl)s2)n1. The largest absolute Gasteiger partial charge is 0.352 e. The average Bonchev–Trinajstić information content (AvgIpc) is 2.82. The predicted molar refractivity (Wildman–Crippen MR) is 84.9 cm³/mol. The molecule has 0 aliphatic rings. The molecule has 21 heavy (non-hydrogen) atoms. The van der Waals surface area contributed by atoms with Gasteiger partial charge in [0.25, 0.3) is 0 Å². The van der Waals surface area contributed by atoms with Crippen molar-refractivity contribution in [2.24, 2.45) is 0 Å². The Balaban J connectivity index is 1.87. The van der Waals surface area contributed by atoms with E-state index in [1.165, 1.54) is 18.1 Å². The van der Waals surface area contributed by atoms with Crippen LogP contribution in [-0.2, 0) is 11.2 Å². The third-order valence-corrected chi connectivity index (χ3v) is 3.98. The quantitative estimate of drug-likeness (QED) is 0.853. The molecule has 0 radical (unpaired) electrons. The van der Waals surface area contributed by atoms with Crippen LogP contribution in [-0.4, -0.2) is 26.9 Å². The van der Waals surface area contributed by atoms with E-state index in [9.17, 15) is 4.79 Å². The lowest BCUT2D eigenvalue weighted by molar-refractivity contribution is -0.114. The molecule has 8 heteroatoms. The van der Waals surface area contributed by atoms with Crippen molar-refractivity contribution in [1.29, 1.82) is 0 Å². The molecule has 0 saturated carbocycles. The van der Waals surface area contributed by atoms with E-state index in [4.69, 9.17) is 11.6 Å². The molecule has 1 unspecified atom stereocenters. The van der Waals surface area contributed by atoms with Gasteiger partial charge in [-0.15, -0.1) is 11.3 Å². The Morgan fingerprint density at radius 1 is 1.38 bits per heavy atom. The number of anilines is 2. The third kappa shape index (κ3) is 5.28. The van der Waals surface area contributed by atoms with E-state index in [-0.39, 0.29) is 17.9 Å². The maximum absolute atomic E-state index is 11.0. The number of thiophene rings is 1. The molecule has 2 aromatic heterocycles. The first-order chi connectivity index (χ1) is 10.0. The zero-order valence-corrected chi connectivity index (χ0v) is 13.3. The van der Waals surface area contributed by atoms with E-state index in [0.717, 1.165) is 17.2 Å². The van der Waals surface area contributed by atoms with E-state index in [1.807, 2.05) is 12.1 Å². The van der Waals surface area contributed by atoms with E-state index < -0.39 is 0 Å². The highest BCUT2D eigenvalue weighted by molar-refractivity contribution is 7.16. The molecule has 1 amide bonds. The van der Waals surface area contributed by atoms with Crippen molar-refractivity contribution in [3.63, 3.8) is 0 Å². The Morgan fingerprint density at radius 3 is 2.81 bits per heavy atom. The molecule has 0 spiro atoms. The molecule has 2 aromatic rings. The lowest BCUT2D eigenvalue weighted by atomic mass is 10.1. The van der Waals surface area contributed by atoms with Crippen LogP contribution in [0.4, 0.5) is 11.9 Å². The number of halogens is 1. The number of carbonyl (C=O) groups excluding carboxylic acids is 1. The van der Waals surface area contributed by atoms with Crippen LogP contribution in [0.15, 0.2) is 18.5 Å². The molecule has 6 nitrogen and oxygen atoms in total. The minimum Gasteiger partial charge on any atom is -0.352 e. The number of rotatable bonds is 6. The van der Waals surface area contributed by atoms with Crippen molar-refractivity contribution in [1.82, 2.24) is 15.0 Å². The molecule has 2 N–H and O–H groups in total. The summed E-state index contributed by atoms with van der Waals surface area (Å²) in [6.45, 7) is 3.46. The Bertz CT molecular complexity index is 618. The lowest BCUT2D eigenvalue weighted by Crippen LogP contribution is -2.19. The summed E-state index contributed by atoms with van der Waals surface area (Å²) in [7, 11) is 0. The summed E-state index contributed by atoms with van der Waals surface area (Å²) in [4.78, 5) is 24.3. The van der Waals surface area contributed by atoms with Crippen LogP contribution >= 0.6 is 22.9 Å². The Kier molecular flexibility index (Phi) is 5.46. The normalized spacial score (nSPS) is 12.0. The van der Waals surface area contributed by atoms with Crippen molar-refractivity contribution in [3.8, 4) is 0 Å². The standard InChI is InChI=1S/C13H16ClN5OS/c1-8(3-4-10-5-6-11(14)21-10)17-12-15-7-16-13(19-12)18-9(2)20/h5-8H,3-4H2,1-2H3,(H2,15,16,17,18,19,20). The minimum atomic E-state index is -0.213. The van der Waals surface area contributed by atoms with Gasteiger partial charge in [-0.25, -0.2) is 9.97 Å². The fourth-order valence-electron chi connectivity index (χ4n) is 1.72. The van der Waals surface area contributed by atoms with Gasteiger partial charge in [0.15, 0.2) is 0 Å². The summed E-state index contributed by atoms with van der Waals surface area (Å²) in [5.41, 5.74) is 0. The smallest absolute Gasteiger partial charge is 0.234 e. The number of nitrogens with zero attached hydrogens (tertiary/aromatic N) is 3. The van der Waals surface area contributed by atoms with Crippen LogP contribution in [0.5, 0.6) is 0 Å². The summed E-state index contributed by atoms with van der Waals surface area (Å²) >= 11 is 7.50. The van der Waals surface area contributed by atoms with Gasteiger partial charge < -0.3 is 5.32 Å². The monoisotopic (exact) mass is 325 g/mol. The second-order valence-electron chi connectivity index (χ2n) is 4.60. The fraction of sp³-hybridized carbons (Fsp3) is 0.385. The molecule has 0 aromatic carbocycles. The van der Waals surface area contributed by atoms with Crippen LogP contribution in [0.2, 0.25) is 4.34 Å². The summed E-state index contributed by atoms with van der Waals surface area (Å²) in [5.74, 6) is 0.484. The molecule has 0 aliphatic carbocycles. The first kappa shape index (κ1) is 15.7. The van der Waals surface area contributed by atoms with Gasteiger partial charge in [-0.1, -0.05) is 11.6 Å². The number of aromatic nitrogens is 3. The second kappa shape index (κ2) is 7.33. The zero-order chi connectivity index (χ0) is 15.2. The average molecular weight is 326 g/mol. The van der Waals surface area contributed by atoms with Gasteiger partial charge in [-0.3, -0.25) is 10.1 Å². The van der Waals surface area contributed by atoms with Gasteiger partial charge in [0, 0.05) is 17.8 Å². The molecular weight excluding hydrogens is 310 g/mol. The van der Waals surface area contributed by atoms with Crippen LogP contribution in [0.1, 0.15) is 25.1 Å². The molecule has 0 bridgehead atoms. The Morgan fingerprint density at radius 2 is 2.14 bits per heavy atom. The van der Waals surface area contributed by atoms with Gasteiger partial charge in [0.05, 0.1) is 4.34 Å². The lowest BCUT2D eigenvalue weighted by Gasteiger charge is -2.13. The maximum atomic E-state index is 11.0. The van der Waals surface area contributed by atoms with Gasteiger partial charge in [0.1, 0.15) is 6.33 Å². The number of amides is 1. The summed E-state index contributed by atoms with van der Waals surface area (Å²) in [5, 5.41) is 5.72. The molecule has 0 saturated heterocycles. The molecule has 2 rings (SSSR count). The predicted octanol–water partition coefficient (Wildman–Crippen LogP) is 2.98. The fourth-order valence-corrected chi connectivity index (χ4v) is 2.82. The van der Waals surface area contributed by atoms with Crippen LogP contribution in [0.3, 0.4) is 0 Å². The van der Waals surface area contributed by atoms with Crippen molar-refractivity contribution in [3.05, 3.63) is 27.7 Å². The van der Waals surface area contributed by atoms with Crippen molar-refractivity contribution < 1.29 is 4.79 Å². The van der Waals surface area contributed by atoms with Crippen LogP contribution in [0.25, 0.3) is 0 Å². The first-order valence-electron chi connectivity index (χ1n) is 6.50. The summed E-state index contributed by atoms with van der Waals surface area (Å²) in [6, 6.07) is 4.14. The summed E-state index contributed by atoms with van der Waals surface area (Å²) < 4.78 is 0.808. The van der Waals surface area contributed by atoms with E-state index in [0.29, 0.717) is 5.95 Å². The summed E-state index contributed by atoms with van der Waals surface area (Å²) in [6.07, 6.45) is 3.24. The maximum Gasteiger partial charge on any atom is 0.234 e. The number of hydrogen-bond acceptors (Lipinski definition) is 6. The highest BCUT2D eigenvalue weighted by Gasteiger charge is 2.07. The molecule has 0 fully saturated rings. The molecule has 2 heterocycles. The third-order valence-electron chi connectivity index (χ3n) is 2.69. The first-order valence-corrected chi connectivity index (χ1v) is 7.70. The number of nitrogens with one attached hydrogen (secondary N) is 2. The number of aryl methyl sites for hydroxylation is 1. The van der Waals surface area contributed by atoms with Gasteiger partial charge in [-0.05, 0) is 31.9 Å². The Labute approximate surface area is 132 Å². The number of hydrogen-bond donors (Lipinski definition) is 2. The zero-order valence-electron chi connectivity index (χ0n) is 11.8. The van der Waals surface area contributed by atoms with Gasteiger partial charge in [0.2, 0.25) is 17.8 Å². The van der Waals surface area contributed by atoms with Gasteiger partial charge in [-0.2, -0.15) is 4.98 Å². The molecule has 112 valence electrons. The van der Waals surface area contributed by atoms with E-state index in [1.54, 1.807) is 11.3 Å². The number of carbonyl (C=O) groups is 1. The highest BCUT2D eigenvalue weighted by atomic mass is 35.5. The molecule has 0 aliphatic heterocycles.